The van der Waals surface area contributed by atoms with E-state index in [1.54, 1.807) is 13.2 Å². The van der Waals surface area contributed by atoms with Gasteiger partial charge in [0.05, 0.1) is 23.8 Å². The van der Waals surface area contributed by atoms with Crippen molar-refractivity contribution in [3.8, 4) is 5.75 Å². The molecule has 1 heterocycles. The minimum absolute atomic E-state index is 0.0897. The number of anilines is 2. The zero-order valence-electron chi connectivity index (χ0n) is 20.8. The van der Waals surface area contributed by atoms with E-state index in [2.05, 4.69) is 16.7 Å². The molecule has 2 N–H and O–H groups in total. The van der Waals surface area contributed by atoms with E-state index in [-0.39, 0.29) is 5.91 Å². The van der Waals surface area contributed by atoms with Gasteiger partial charge in [0, 0.05) is 60.8 Å². The third-order valence-electron chi connectivity index (χ3n) is 5.94. The second kappa shape index (κ2) is 11.8. The highest BCUT2D eigenvalue weighted by atomic mass is 35.5. The quantitative estimate of drug-likeness (QED) is 0.155. The minimum atomic E-state index is -0.0897. The molecule has 0 aliphatic carbocycles. The van der Waals surface area contributed by atoms with Crippen molar-refractivity contribution >= 4 is 56.8 Å². The highest BCUT2D eigenvalue weighted by Gasteiger charge is 2.09. The van der Waals surface area contributed by atoms with Crippen molar-refractivity contribution in [3.63, 3.8) is 0 Å². The van der Waals surface area contributed by atoms with E-state index >= 15 is 0 Å². The lowest BCUT2D eigenvalue weighted by Crippen LogP contribution is -2.22. The first kappa shape index (κ1) is 25.3. The van der Waals surface area contributed by atoms with Crippen LogP contribution in [-0.4, -0.2) is 45.2 Å². The highest BCUT2D eigenvalue weighted by molar-refractivity contribution is 6.31. The summed E-state index contributed by atoms with van der Waals surface area (Å²) >= 11 is 6.17. The number of nitrogens with zero attached hydrogens (tertiary/aromatic N) is 2. The Labute approximate surface area is 216 Å². The fourth-order valence-corrected chi connectivity index (χ4v) is 4.11. The lowest BCUT2D eigenvalue weighted by atomic mass is 10.1. The van der Waals surface area contributed by atoms with E-state index in [0.717, 1.165) is 63.9 Å². The van der Waals surface area contributed by atoms with Crippen molar-refractivity contribution in [1.29, 1.82) is 0 Å². The molecule has 0 saturated carbocycles. The lowest BCUT2D eigenvalue weighted by Gasteiger charge is -2.13. The van der Waals surface area contributed by atoms with Crippen LogP contribution in [0.2, 0.25) is 5.02 Å². The van der Waals surface area contributed by atoms with Gasteiger partial charge in [0.15, 0.2) is 0 Å². The van der Waals surface area contributed by atoms with Crippen LogP contribution < -0.4 is 20.3 Å². The summed E-state index contributed by atoms with van der Waals surface area (Å²) in [6.07, 6.45) is 5.16. The summed E-state index contributed by atoms with van der Waals surface area (Å²) in [5.41, 5.74) is 4.77. The number of ether oxygens (including phenoxy) is 1. The van der Waals surface area contributed by atoms with E-state index in [1.165, 1.54) is 0 Å². The zero-order chi connectivity index (χ0) is 25.5. The molecular formula is C29H31ClN4O2. The van der Waals surface area contributed by atoms with E-state index in [9.17, 15) is 4.79 Å². The fourth-order valence-electron chi connectivity index (χ4n) is 3.94. The van der Waals surface area contributed by atoms with Gasteiger partial charge in [-0.15, -0.1) is 0 Å². The maximum absolute atomic E-state index is 12.1. The molecule has 0 fully saturated rings. The number of unbranched alkanes of at least 4 members (excludes halogenated alkanes) is 1. The Bertz CT molecular complexity index is 1380. The fraction of sp³-hybridized carbons (Fsp3) is 0.241. The van der Waals surface area contributed by atoms with Crippen LogP contribution in [0.4, 0.5) is 11.4 Å². The van der Waals surface area contributed by atoms with Crippen molar-refractivity contribution in [1.82, 2.24) is 10.3 Å². The van der Waals surface area contributed by atoms with Gasteiger partial charge in [-0.1, -0.05) is 29.8 Å². The first-order chi connectivity index (χ1) is 17.4. The number of nitrogens with one attached hydrogen (secondary N) is 2. The first-order valence-corrected chi connectivity index (χ1v) is 12.4. The first-order valence-electron chi connectivity index (χ1n) is 12.0. The van der Waals surface area contributed by atoms with Gasteiger partial charge in [-0.25, -0.2) is 4.98 Å². The summed E-state index contributed by atoms with van der Waals surface area (Å²) in [4.78, 5) is 19.0. The molecule has 186 valence electrons. The Hall–Kier alpha value is -3.77. The summed E-state index contributed by atoms with van der Waals surface area (Å²) in [6, 6.07) is 19.8. The third-order valence-corrected chi connectivity index (χ3v) is 6.17. The van der Waals surface area contributed by atoms with Crippen LogP contribution in [-0.2, 0) is 4.79 Å². The van der Waals surface area contributed by atoms with Crippen LogP contribution in [0, 0.1) is 0 Å². The maximum atomic E-state index is 12.1. The minimum Gasteiger partial charge on any atom is -0.497 e. The largest absolute Gasteiger partial charge is 0.497 e. The lowest BCUT2D eigenvalue weighted by molar-refractivity contribution is -0.116. The number of amides is 1. The molecule has 0 radical (unpaired) electrons. The van der Waals surface area contributed by atoms with E-state index in [1.807, 2.05) is 79.7 Å². The molecule has 0 spiro atoms. The molecule has 1 aromatic heterocycles. The average molecular weight is 503 g/mol. The van der Waals surface area contributed by atoms with Crippen molar-refractivity contribution in [2.24, 2.45) is 0 Å². The number of benzene rings is 3. The van der Waals surface area contributed by atoms with Crippen LogP contribution in [0.15, 0.2) is 66.7 Å². The molecule has 3 aromatic carbocycles. The van der Waals surface area contributed by atoms with E-state index < -0.39 is 0 Å². The van der Waals surface area contributed by atoms with E-state index in [0.29, 0.717) is 11.6 Å². The van der Waals surface area contributed by atoms with Crippen molar-refractivity contribution in [3.05, 3.63) is 77.3 Å². The average Bonchev–Trinajstić information content (AvgIpc) is 2.88. The number of carbonyl (C=O) groups excluding carboxylic acids is 1. The number of rotatable bonds is 10. The van der Waals surface area contributed by atoms with Gasteiger partial charge in [-0.05, 0) is 60.9 Å². The summed E-state index contributed by atoms with van der Waals surface area (Å²) in [5, 5.41) is 9.13. The summed E-state index contributed by atoms with van der Waals surface area (Å²) < 4.78 is 5.49. The molecule has 0 aliphatic heterocycles. The smallest absolute Gasteiger partial charge is 0.243 e. The molecule has 0 bridgehead atoms. The molecule has 7 heteroatoms. The Kier molecular flexibility index (Phi) is 8.28. The molecule has 4 rings (SSSR count). The summed E-state index contributed by atoms with van der Waals surface area (Å²) in [7, 11) is 5.67. The SMILES string of the molecule is COc1cc(NCCCCNC(=O)/C=C/c2ccc(N(C)C)cc2)c2nc3cc(Cl)ccc3cc2c1. The Morgan fingerprint density at radius 3 is 2.53 bits per heavy atom. The monoisotopic (exact) mass is 502 g/mol. The van der Waals surface area contributed by atoms with Gasteiger partial charge < -0.3 is 20.3 Å². The summed E-state index contributed by atoms with van der Waals surface area (Å²) in [5.74, 6) is 0.684. The molecule has 4 aromatic rings. The number of pyridine rings is 1. The number of halogens is 1. The number of methoxy groups -OCH3 is 1. The number of aromatic nitrogens is 1. The maximum Gasteiger partial charge on any atom is 0.243 e. The van der Waals surface area contributed by atoms with E-state index in [4.69, 9.17) is 21.3 Å². The summed E-state index contributed by atoms with van der Waals surface area (Å²) in [6.45, 7) is 1.37. The second-order valence-corrected chi connectivity index (χ2v) is 9.25. The van der Waals surface area contributed by atoms with Crippen LogP contribution in [0.3, 0.4) is 0 Å². The molecule has 0 saturated heterocycles. The number of fused-ring (bicyclic) bond motifs is 2. The van der Waals surface area contributed by atoms with Crippen molar-refractivity contribution < 1.29 is 9.53 Å². The van der Waals surface area contributed by atoms with Gasteiger partial charge in [0.1, 0.15) is 5.75 Å². The van der Waals surface area contributed by atoms with Crippen LogP contribution in [0.25, 0.3) is 27.9 Å². The molecule has 0 unspecified atom stereocenters. The van der Waals surface area contributed by atoms with Gasteiger partial charge in [-0.2, -0.15) is 0 Å². The molecule has 36 heavy (non-hydrogen) atoms. The van der Waals surface area contributed by atoms with Crippen LogP contribution in [0.5, 0.6) is 5.75 Å². The van der Waals surface area contributed by atoms with Crippen molar-refractivity contribution in [2.75, 3.05) is 44.5 Å². The Balaban J connectivity index is 1.28. The molecule has 0 atom stereocenters. The second-order valence-electron chi connectivity index (χ2n) is 8.82. The number of hydrogen-bond acceptors (Lipinski definition) is 5. The third kappa shape index (κ3) is 6.46. The number of carbonyl (C=O) groups is 1. The highest BCUT2D eigenvalue weighted by Crippen LogP contribution is 2.31. The predicted octanol–water partition coefficient (Wildman–Crippen LogP) is 6.14. The van der Waals surface area contributed by atoms with Gasteiger partial charge >= 0.3 is 0 Å². The topological polar surface area (TPSA) is 66.5 Å². The molecular weight excluding hydrogens is 472 g/mol. The van der Waals surface area contributed by atoms with Crippen LogP contribution in [0.1, 0.15) is 18.4 Å². The normalized spacial score (nSPS) is 11.2. The van der Waals surface area contributed by atoms with Gasteiger partial charge in [0.2, 0.25) is 5.91 Å². The Morgan fingerprint density at radius 2 is 1.78 bits per heavy atom. The van der Waals surface area contributed by atoms with Gasteiger partial charge in [0.25, 0.3) is 0 Å². The molecule has 1 amide bonds. The number of hydrogen-bond donors (Lipinski definition) is 2. The molecule has 0 aliphatic rings. The van der Waals surface area contributed by atoms with Crippen molar-refractivity contribution in [2.45, 2.75) is 12.8 Å². The van der Waals surface area contributed by atoms with Crippen LogP contribution >= 0.6 is 11.6 Å². The van der Waals surface area contributed by atoms with Gasteiger partial charge in [-0.3, -0.25) is 4.79 Å². The zero-order valence-corrected chi connectivity index (χ0v) is 21.6. The molecule has 6 nitrogen and oxygen atoms in total. The Morgan fingerprint density at radius 1 is 1.00 bits per heavy atom. The standard InChI is InChI=1S/C29H31ClN4O2/c1-34(2)24-11-6-20(7-12-24)8-13-28(35)32-15-5-4-14-31-27-19-25(36-3)17-22-16-21-9-10-23(30)18-26(21)33-29(22)27/h6-13,16-19,31H,4-5,14-15H2,1-3H3,(H,32,35)/b13-8+. The predicted molar refractivity (Wildman–Crippen MR) is 151 cm³/mol.